The Kier molecular flexibility index (Phi) is 4.87. The molecule has 7 heteroatoms. The number of carbonyl (C=O) groups is 1. The summed E-state index contributed by atoms with van der Waals surface area (Å²) in [5, 5.41) is 6.39. The SMILES string of the molecule is CC(C)Cc1c[nH]c(C(=O)NC(C)(C)c2cc(C(F)F)on2)c1. The van der Waals surface area contributed by atoms with E-state index in [4.69, 9.17) is 0 Å². The number of nitrogens with zero attached hydrogens (tertiary/aromatic N) is 1. The van der Waals surface area contributed by atoms with Crippen LogP contribution in [-0.4, -0.2) is 16.0 Å². The summed E-state index contributed by atoms with van der Waals surface area (Å²) in [6.45, 7) is 7.55. The van der Waals surface area contributed by atoms with E-state index >= 15 is 0 Å². The van der Waals surface area contributed by atoms with E-state index < -0.39 is 17.7 Å². The van der Waals surface area contributed by atoms with Crippen molar-refractivity contribution in [3.05, 3.63) is 41.0 Å². The molecule has 2 aromatic rings. The minimum atomic E-state index is -2.73. The van der Waals surface area contributed by atoms with Crippen molar-refractivity contribution in [3.63, 3.8) is 0 Å². The standard InChI is InChI=1S/C16H21F2N3O2/c1-9(2)5-10-6-11(19-8-10)15(22)20-16(3,4)13-7-12(14(17)18)23-21-13/h6-9,14,19H,5H2,1-4H3,(H,20,22). The highest BCUT2D eigenvalue weighted by Gasteiger charge is 2.29. The Labute approximate surface area is 133 Å². The summed E-state index contributed by atoms with van der Waals surface area (Å²) >= 11 is 0. The number of carbonyl (C=O) groups excluding carboxylic acids is 1. The molecule has 0 fully saturated rings. The summed E-state index contributed by atoms with van der Waals surface area (Å²) in [5.41, 5.74) is 0.780. The lowest BCUT2D eigenvalue weighted by atomic mass is 10.00. The molecule has 0 unspecified atom stereocenters. The van der Waals surface area contributed by atoms with Crippen molar-refractivity contribution in [2.45, 2.75) is 46.1 Å². The molecule has 2 aromatic heterocycles. The lowest BCUT2D eigenvalue weighted by Gasteiger charge is -2.23. The predicted molar refractivity (Wildman–Crippen MR) is 81.3 cm³/mol. The van der Waals surface area contributed by atoms with Gasteiger partial charge in [-0.3, -0.25) is 4.79 Å². The average molecular weight is 325 g/mol. The zero-order chi connectivity index (χ0) is 17.2. The van der Waals surface area contributed by atoms with Gasteiger partial charge in [-0.15, -0.1) is 0 Å². The van der Waals surface area contributed by atoms with Crippen LogP contribution in [-0.2, 0) is 12.0 Å². The van der Waals surface area contributed by atoms with Crippen LogP contribution in [0, 0.1) is 5.92 Å². The third kappa shape index (κ3) is 4.18. The van der Waals surface area contributed by atoms with Crippen LogP contribution in [0.25, 0.3) is 0 Å². The van der Waals surface area contributed by atoms with Gasteiger partial charge in [0, 0.05) is 12.3 Å². The van der Waals surface area contributed by atoms with Gasteiger partial charge in [0.15, 0.2) is 0 Å². The molecule has 0 aromatic carbocycles. The third-order valence-corrected chi connectivity index (χ3v) is 3.44. The van der Waals surface area contributed by atoms with E-state index in [-0.39, 0.29) is 11.6 Å². The lowest BCUT2D eigenvalue weighted by Crippen LogP contribution is -2.41. The normalized spacial score (nSPS) is 12.2. The van der Waals surface area contributed by atoms with Gasteiger partial charge in [-0.25, -0.2) is 8.78 Å². The molecule has 0 bridgehead atoms. The summed E-state index contributed by atoms with van der Waals surface area (Å²) < 4.78 is 29.7. The number of H-pyrrole nitrogens is 1. The Morgan fingerprint density at radius 3 is 2.65 bits per heavy atom. The number of aromatic amines is 1. The molecule has 5 nitrogen and oxygen atoms in total. The molecule has 0 spiro atoms. The van der Waals surface area contributed by atoms with Crippen LogP contribution in [0.1, 0.15) is 61.6 Å². The molecule has 0 aliphatic heterocycles. The van der Waals surface area contributed by atoms with Crippen molar-refractivity contribution in [1.82, 2.24) is 15.5 Å². The molecular weight excluding hydrogens is 304 g/mol. The quantitative estimate of drug-likeness (QED) is 0.848. The fourth-order valence-electron chi connectivity index (χ4n) is 2.26. The van der Waals surface area contributed by atoms with Crippen molar-refractivity contribution in [3.8, 4) is 0 Å². The van der Waals surface area contributed by atoms with Crippen LogP contribution in [0.2, 0.25) is 0 Å². The van der Waals surface area contributed by atoms with Gasteiger partial charge in [-0.2, -0.15) is 0 Å². The van der Waals surface area contributed by atoms with Crippen molar-refractivity contribution in [2.24, 2.45) is 5.92 Å². The van der Waals surface area contributed by atoms with Crippen LogP contribution < -0.4 is 5.32 Å². The Bertz CT molecular complexity index is 674. The van der Waals surface area contributed by atoms with Gasteiger partial charge in [0.1, 0.15) is 11.4 Å². The van der Waals surface area contributed by atoms with Crippen LogP contribution in [0.5, 0.6) is 0 Å². The van der Waals surface area contributed by atoms with E-state index in [1.165, 1.54) is 0 Å². The molecule has 2 heterocycles. The average Bonchev–Trinajstić information content (AvgIpc) is 3.05. The monoisotopic (exact) mass is 325 g/mol. The maximum Gasteiger partial charge on any atom is 0.298 e. The molecule has 126 valence electrons. The summed E-state index contributed by atoms with van der Waals surface area (Å²) in [5.74, 6) is -0.353. The predicted octanol–water partition coefficient (Wildman–Crippen LogP) is 3.80. The summed E-state index contributed by atoms with van der Waals surface area (Å²) in [6.07, 6.45) is -0.0639. The zero-order valence-electron chi connectivity index (χ0n) is 13.6. The molecule has 0 atom stereocenters. The molecule has 23 heavy (non-hydrogen) atoms. The molecular formula is C16H21F2N3O2. The van der Waals surface area contributed by atoms with Gasteiger partial charge in [0.2, 0.25) is 5.76 Å². The summed E-state index contributed by atoms with van der Waals surface area (Å²) in [6, 6.07) is 2.95. The number of hydrogen-bond donors (Lipinski definition) is 2. The van der Waals surface area contributed by atoms with Gasteiger partial charge >= 0.3 is 0 Å². The van der Waals surface area contributed by atoms with Crippen molar-refractivity contribution in [2.75, 3.05) is 0 Å². The second-order valence-corrected chi connectivity index (χ2v) is 6.51. The first-order valence-electron chi connectivity index (χ1n) is 7.44. The second-order valence-electron chi connectivity index (χ2n) is 6.51. The zero-order valence-corrected chi connectivity index (χ0v) is 13.6. The maximum atomic E-state index is 12.6. The first-order chi connectivity index (χ1) is 10.7. The molecule has 0 saturated carbocycles. The summed E-state index contributed by atoms with van der Waals surface area (Å²) in [4.78, 5) is 15.3. The van der Waals surface area contributed by atoms with E-state index in [0.29, 0.717) is 11.6 Å². The van der Waals surface area contributed by atoms with Crippen LogP contribution in [0.3, 0.4) is 0 Å². The number of nitrogens with one attached hydrogen (secondary N) is 2. The van der Waals surface area contributed by atoms with Gasteiger partial charge in [0.05, 0.1) is 5.54 Å². The number of rotatable bonds is 6. The number of halogens is 2. The Balaban J connectivity index is 2.09. The van der Waals surface area contributed by atoms with Crippen LogP contribution in [0.15, 0.2) is 22.9 Å². The largest absolute Gasteiger partial charge is 0.357 e. The third-order valence-electron chi connectivity index (χ3n) is 3.44. The molecule has 0 aliphatic carbocycles. The molecule has 0 saturated heterocycles. The van der Waals surface area contributed by atoms with E-state index in [0.717, 1.165) is 18.1 Å². The van der Waals surface area contributed by atoms with Gasteiger partial charge in [0.25, 0.3) is 12.3 Å². The topological polar surface area (TPSA) is 70.9 Å². The minimum Gasteiger partial charge on any atom is -0.357 e. The fourth-order valence-corrected chi connectivity index (χ4v) is 2.26. The molecule has 2 rings (SSSR count). The smallest absolute Gasteiger partial charge is 0.298 e. The Hall–Kier alpha value is -2.18. The molecule has 1 amide bonds. The van der Waals surface area contributed by atoms with E-state index in [1.54, 1.807) is 26.1 Å². The number of amides is 1. The van der Waals surface area contributed by atoms with Crippen LogP contribution >= 0.6 is 0 Å². The van der Waals surface area contributed by atoms with Crippen molar-refractivity contribution < 1.29 is 18.1 Å². The first kappa shape index (κ1) is 17.2. The first-order valence-corrected chi connectivity index (χ1v) is 7.44. The highest BCUT2D eigenvalue weighted by molar-refractivity contribution is 5.93. The highest BCUT2D eigenvalue weighted by Crippen LogP contribution is 2.25. The maximum absolute atomic E-state index is 12.6. The van der Waals surface area contributed by atoms with Gasteiger partial charge in [-0.05, 0) is 37.8 Å². The lowest BCUT2D eigenvalue weighted by molar-refractivity contribution is 0.0902. The molecule has 0 aliphatic rings. The molecule has 2 N–H and O–H groups in total. The van der Waals surface area contributed by atoms with Crippen molar-refractivity contribution >= 4 is 5.91 Å². The minimum absolute atomic E-state index is 0.245. The fraction of sp³-hybridized carbons (Fsp3) is 0.500. The van der Waals surface area contributed by atoms with Crippen LogP contribution in [0.4, 0.5) is 8.78 Å². The number of alkyl halides is 2. The van der Waals surface area contributed by atoms with E-state index in [1.807, 2.05) is 0 Å². The van der Waals surface area contributed by atoms with Crippen molar-refractivity contribution in [1.29, 1.82) is 0 Å². The summed E-state index contributed by atoms with van der Waals surface area (Å²) in [7, 11) is 0. The Morgan fingerprint density at radius 2 is 2.09 bits per heavy atom. The van der Waals surface area contributed by atoms with E-state index in [2.05, 4.69) is 33.8 Å². The Morgan fingerprint density at radius 1 is 1.39 bits per heavy atom. The van der Waals surface area contributed by atoms with E-state index in [9.17, 15) is 13.6 Å². The molecule has 0 radical (unpaired) electrons. The highest BCUT2D eigenvalue weighted by atomic mass is 19.3. The van der Waals surface area contributed by atoms with Gasteiger partial charge in [-0.1, -0.05) is 19.0 Å². The number of aromatic nitrogens is 2. The second kappa shape index (κ2) is 6.52. The number of hydrogen-bond acceptors (Lipinski definition) is 3. The van der Waals surface area contributed by atoms with Gasteiger partial charge < -0.3 is 14.8 Å².